The highest BCUT2D eigenvalue weighted by Gasteiger charge is 2.12. The van der Waals surface area contributed by atoms with Crippen molar-refractivity contribution in [1.29, 1.82) is 0 Å². The maximum atomic E-state index is 12.1. The fourth-order valence-electron chi connectivity index (χ4n) is 1.65. The van der Waals surface area contributed by atoms with Crippen molar-refractivity contribution in [2.24, 2.45) is 0 Å². The van der Waals surface area contributed by atoms with Crippen molar-refractivity contribution in [1.82, 2.24) is 0 Å². The van der Waals surface area contributed by atoms with Crippen LogP contribution in [0.2, 0.25) is 5.02 Å². The molecule has 0 saturated carbocycles. The number of carbonyl (C=O) groups excluding carboxylic acids is 1. The fraction of sp³-hybridized carbons (Fsp3) is 0. The molecule has 4 N–H and O–H groups in total. The Bertz CT molecular complexity index is 734. The molecule has 0 heterocycles. The van der Waals surface area contributed by atoms with E-state index in [4.69, 9.17) is 22.4 Å². The number of hydrogen-bond acceptors (Lipinski definition) is 3. The van der Waals surface area contributed by atoms with E-state index >= 15 is 0 Å². The number of benzene rings is 2. The molecule has 2 aromatic carbocycles. The summed E-state index contributed by atoms with van der Waals surface area (Å²) in [4.78, 5) is 22.9. The number of rotatable bonds is 3. The summed E-state index contributed by atoms with van der Waals surface area (Å²) < 4.78 is 0.702. The third-order valence-electron chi connectivity index (χ3n) is 2.72. The molecule has 0 fully saturated rings. The first-order chi connectivity index (χ1) is 9.88. The van der Waals surface area contributed by atoms with Gasteiger partial charge in [-0.15, -0.1) is 0 Å². The summed E-state index contributed by atoms with van der Waals surface area (Å²) in [6.07, 6.45) is 0. The van der Waals surface area contributed by atoms with Crippen molar-refractivity contribution in [2.45, 2.75) is 0 Å². The van der Waals surface area contributed by atoms with Crippen LogP contribution >= 0.6 is 27.5 Å². The molecule has 0 aliphatic rings. The van der Waals surface area contributed by atoms with Crippen molar-refractivity contribution in [3.8, 4) is 0 Å². The topological polar surface area (TPSA) is 92.4 Å². The Kier molecular flexibility index (Phi) is 4.50. The number of anilines is 2. The van der Waals surface area contributed by atoms with Gasteiger partial charge < -0.3 is 16.2 Å². The van der Waals surface area contributed by atoms with Gasteiger partial charge in [-0.1, -0.05) is 11.6 Å². The van der Waals surface area contributed by atoms with Crippen molar-refractivity contribution >= 4 is 50.8 Å². The number of carbonyl (C=O) groups is 2. The first-order valence-electron chi connectivity index (χ1n) is 5.77. The van der Waals surface area contributed by atoms with Crippen LogP contribution in [0.5, 0.6) is 0 Å². The van der Waals surface area contributed by atoms with E-state index in [9.17, 15) is 9.59 Å². The summed E-state index contributed by atoms with van der Waals surface area (Å²) >= 11 is 9.09. The Morgan fingerprint density at radius 1 is 1.19 bits per heavy atom. The van der Waals surface area contributed by atoms with Crippen molar-refractivity contribution in [3.63, 3.8) is 0 Å². The smallest absolute Gasteiger partial charge is 0.337 e. The molecule has 108 valence electrons. The number of carboxylic acids is 1. The lowest BCUT2D eigenvalue weighted by atomic mass is 10.1. The zero-order valence-corrected chi connectivity index (χ0v) is 12.9. The molecule has 2 rings (SSSR count). The molecule has 0 atom stereocenters. The number of carboxylic acid groups (broad SMARTS) is 1. The molecule has 0 saturated heterocycles. The Morgan fingerprint density at radius 3 is 2.48 bits per heavy atom. The average Bonchev–Trinajstić information content (AvgIpc) is 2.41. The second-order valence-electron chi connectivity index (χ2n) is 4.19. The summed E-state index contributed by atoms with van der Waals surface area (Å²) in [5.41, 5.74) is 6.92. The summed E-state index contributed by atoms with van der Waals surface area (Å²) in [5, 5.41) is 11.6. The molecule has 0 spiro atoms. The van der Waals surface area contributed by atoms with Crippen LogP contribution in [0.4, 0.5) is 11.4 Å². The van der Waals surface area contributed by atoms with E-state index < -0.39 is 5.97 Å². The quantitative estimate of drug-likeness (QED) is 0.720. The van der Waals surface area contributed by atoms with E-state index in [1.807, 2.05) is 0 Å². The Hall–Kier alpha value is -2.05. The highest BCUT2D eigenvalue weighted by atomic mass is 79.9. The summed E-state index contributed by atoms with van der Waals surface area (Å²) in [6, 6.07) is 9.00. The maximum Gasteiger partial charge on any atom is 0.337 e. The normalized spacial score (nSPS) is 10.2. The van der Waals surface area contributed by atoms with Gasteiger partial charge in [-0.25, -0.2) is 4.79 Å². The van der Waals surface area contributed by atoms with Crippen LogP contribution in [0.15, 0.2) is 40.9 Å². The van der Waals surface area contributed by atoms with E-state index in [1.165, 1.54) is 24.3 Å². The Morgan fingerprint density at radius 2 is 1.90 bits per heavy atom. The zero-order chi connectivity index (χ0) is 15.6. The van der Waals surface area contributed by atoms with Crippen LogP contribution in [-0.2, 0) is 0 Å². The molecular formula is C14H10BrClN2O3. The third kappa shape index (κ3) is 3.53. The fourth-order valence-corrected chi connectivity index (χ4v) is 2.16. The maximum absolute atomic E-state index is 12.1. The lowest BCUT2D eigenvalue weighted by Crippen LogP contribution is -2.12. The summed E-state index contributed by atoms with van der Waals surface area (Å²) in [7, 11) is 0. The number of nitrogens with one attached hydrogen (secondary N) is 1. The summed E-state index contributed by atoms with van der Waals surface area (Å²) in [5.74, 6) is -1.49. The van der Waals surface area contributed by atoms with Crippen molar-refractivity contribution in [3.05, 3.63) is 57.0 Å². The molecule has 0 aliphatic carbocycles. The van der Waals surface area contributed by atoms with Gasteiger partial charge in [0.25, 0.3) is 5.91 Å². The largest absolute Gasteiger partial charge is 0.478 e. The minimum absolute atomic E-state index is 0.0254. The van der Waals surface area contributed by atoms with Crippen molar-refractivity contribution in [2.75, 3.05) is 11.1 Å². The van der Waals surface area contributed by atoms with Crippen LogP contribution in [-0.4, -0.2) is 17.0 Å². The number of hydrogen-bond donors (Lipinski definition) is 3. The van der Waals surface area contributed by atoms with Gasteiger partial charge in [-0.3, -0.25) is 4.79 Å². The zero-order valence-electron chi connectivity index (χ0n) is 10.6. The molecule has 2 aromatic rings. The lowest BCUT2D eigenvalue weighted by molar-refractivity contribution is 0.0697. The second kappa shape index (κ2) is 6.15. The van der Waals surface area contributed by atoms with Crippen LogP contribution in [0.25, 0.3) is 0 Å². The minimum atomic E-state index is -1.13. The molecule has 5 nitrogen and oxygen atoms in total. The number of amides is 1. The molecule has 21 heavy (non-hydrogen) atoms. The van der Waals surface area contributed by atoms with E-state index in [1.54, 1.807) is 12.1 Å². The number of nitrogens with two attached hydrogens (primary N) is 1. The van der Waals surface area contributed by atoms with Crippen molar-refractivity contribution < 1.29 is 14.7 Å². The van der Waals surface area contributed by atoms with Gasteiger partial charge >= 0.3 is 5.97 Å². The molecule has 0 radical (unpaired) electrons. The van der Waals surface area contributed by atoms with Gasteiger partial charge in [0.1, 0.15) is 0 Å². The van der Waals surface area contributed by atoms with E-state index in [0.717, 1.165) is 0 Å². The summed E-state index contributed by atoms with van der Waals surface area (Å²) in [6.45, 7) is 0. The molecule has 1 amide bonds. The van der Waals surface area contributed by atoms with Gasteiger partial charge in [0, 0.05) is 21.4 Å². The Labute approximate surface area is 133 Å². The van der Waals surface area contributed by atoms with Gasteiger partial charge in [0.2, 0.25) is 0 Å². The lowest BCUT2D eigenvalue weighted by Gasteiger charge is -2.08. The number of aromatic carboxylic acids is 1. The highest BCUT2D eigenvalue weighted by Crippen LogP contribution is 2.23. The van der Waals surface area contributed by atoms with E-state index in [2.05, 4.69) is 21.2 Å². The SMILES string of the molecule is Nc1cc(C(=O)Nc2ccc(C(=O)O)c(Cl)c2)ccc1Br. The van der Waals surface area contributed by atoms with Crippen LogP contribution < -0.4 is 11.1 Å². The van der Waals surface area contributed by atoms with Gasteiger partial charge in [0.15, 0.2) is 0 Å². The molecule has 7 heteroatoms. The van der Waals surface area contributed by atoms with Gasteiger partial charge in [-0.05, 0) is 52.3 Å². The standard InChI is InChI=1S/C14H10BrClN2O3/c15-10-4-1-7(5-12(10)17)13(19)18-8-2-3-9(14(20)21)11(16)6-8/h1-6H,17H2,(H,18,19)(H,20,21). The third-order valence-corrected chi connectivity index (χ3v) is 3.75. The van der Waals surface area contributed by atoms with Crippen LogP contribution in [0, 0.1) is 0 Å². The highest BCUT2D eigenvalue weighted by molar-refractivity contribution is 9.10. The van der Waals surface area contributed by atoms with E-state index in [0.29, 0.717) is 21.4 Å². The van der Waals surface area contributed by atoms with E-state index in [-0.39, 0.29) is 16.5 Å². The predicted molar refractivity (Wildman–Crippen MR) is 84.9 cm³/mol. The van der Waals surface area contributed by atoms with Gasteiger partial charge in [-0.2, -0.15) is 0 Å². The second-order valence-corrected chi connectivity index (χ2v) is 5.45. The molecule has 0 aliphatic heterocycles. The molecular weight excluding hydrogens is 360 g/mol. The predicted octanol–water partition coefficient (Wildman–Crippen LogP) is 3.64. The number of halogens is 2. The minimum Gasteiger partial charge on any atom is -0.478 e. The molecule has 0 unspecified atom stereocenters. The average molecular weight is 370 g/mol. The van der Waals surface area contributed by atoms with Gasteiger partial charge in [0.05, 0.1) is 10.6 Å². The first kappa shape index (κ1) is 15.3. The molecule has 0 bridgehead atoms. The monoisotopic (exact) mass is 368 g/mol. The van der Waals surface area contributed by atoms with Crippen LogP contribution in [0.1, 0.15) is 20.7 Å². The Balaban J connectivity index is 2.21. The number of nitrogen functional groups attached to an aromatic ring is 1. The molecule has 0 aromatic heterocycles. The first-order valence-corrected chi connectivity index (χ1v) is 6.95. The van der Waals surface area contributed by atoms with Crippen LogP contribution in [0.3, 0.4) is 0 Å².